The number of carbonyl (C=O) groups is 1. The van der Waals surface area contributed by atoms with Crippen LogP contribution >= 0.6 is 12.4 Å². The number of Topliss-reactive ketones (excluding diaryl/α,β-unsaturated/α-hetero) is 1. The van der Waals surface area contributed by atoms with Crippen molar-refractivity contribution in [3.05, 3.63) is 60.2 Å². The minimum atomic E-state index is -0.551. The summed E-state index contributed by atoms with van der Waals surface area (Å²) in [7, 11) is 3.85. The molecule has 136 valence electrons. The largest absolute Gasteiger partial charge is 0.494 e. The lowest BCUT2D eigenvalue weighted by molar-refractivity contribution is 0.0743. The minimum absolute atomic E-state index is 0. The fourth-order valence-electron chi connectivity index (χ4n) is 2.29. The van der Waals surface area contributed by atoms with Crippen LogP contribution in [0, 0.1) is 0 Å². The van der Waals surface area contributed by atoms with Crippen LogP contribution in [0.25, 0.3) is 0 Å². The summed E-state index contributed by atoms with van der Waals surface area (Å²) in [4.78, 5) is 14.7. The van der Waals surface area contributed by atoms with Gasteiger partial charge >= 0.3 is 0 Å². The zero-order chi connectivity index (χ0) is 17.4. The fraction of sp³-hybridized carbons (Fsp3) is 0.350. The number of nitrogens with zero attached hydrogens (tertiary/aromatic N) is 1. The summed E-state index contributed by atoms with van der Waals surface area (Å²) in [5.41, 5.74) is 0.659. The van der Waals surface area contributed by atoms with Gasteiger partial charge in [-0.15, -0.1) is 12.4 Å². The van der Waals surface area contributed by atoms with E-state index in [1.165, 1.54) is 0 Å². The maximum Gasteiger partial charge on any atom is 0.204 e. The highest BCUT2D eigenvalue weighted by molar-refractivity contribution is 5.99. The maximum absolute atomic E-state index is 12.7. The number of halogens is 1. The fourth-order valence-corrected chi connectivity index (χ4v) is 2.29. The monoisotopic (exact) mass is 363 g/mol. The molecule has 1 atom stereocenters. The summed E-state index contributed by atoms with van der Waals surface area (Å²) in [5, 5.41) is 0. The van der Waals surface area contributed by atoms with Crippen LogP contribution in [-0.2, 0) is 0 Å². The van der Waals surface area contributed by atoms with Crippen molar-refractivity contribution in [3.63, 3.8) is 0 Å². The summed E-state index contributed by atoms with van der Waals surface area (Å²) >= 11 is 0. The van der Waals surface area contributed by atoms with Gasteiger partial charge < -0.3 is 14.4 Å². The summed E-state index contributed by atoms with van der Waals surface area (Å²) in [6.45, 7) is 3.27. The molecule has 1 unspecified atom stereocenters. The molecule has 0 heterocycles. The van der Waals surface area contributed by atoms with E-state index in [2.05, 4.69) is 6.92 Å². The predicted molar refractivity (Wildman–Crippen MR) is 103 cm³/mol. The van der Waals surface area contributed by atoms with Gasteiger partial charge in [0, 0.05) is 12.1 Å². The molecule has 0 aliphatic heterocycles. The van der Waals surface area contributed by atoms with Crippen LogP contribution in [0.1, 0.15) is 23.7 Å². The molecule has 25 heavy (non-hydrogen) atoms. The topological polar surface area (TPSA) is 38.8 Å². The molecule has 0 bridgehead atoms. The summed E-state index contributed by atoms with van der Waals surface area (Å²) in [6.07, 6.45) is 0.416. The number of carbonyl (C=O) groups excluding carboxylic acids is 1. The second-order valence-corrected chi connectivity index (χ2v) is 5.92. The Hall–Kier alpha value is -2.04. The molecule has 0 aromatic heterocycles. The second-order valence-electron chi connectivity index (χ2n) is 5.92. The van der Waals surface area contributed by atoms with Crippen LogP contribution in [-0.4, -0.2) is 44.0 Å². The average Bonchev–Trinajstić information content (AvgIpc) is 2.60. The van der Waals surface area contributed by atoms with Gasteiger partial charge in [0.15, 0.2) is 6.10 Å². The smallest absolute Gasteiger partial charge is 0.204 e. The zero-order valence-corrected chi connectivity index (χ0v) is 15.8. The van der Waals surface area contributed by atoms with E-state index in [0.29, 0.717) is 24.5 Å². The molecule has 0 fully saturated rings. The molecule has 5 heteroatoms. The molecule has 2 aromatic carbocycles. The Kier molecular flexibility index (Phi) is 9.03. The highest BCUT2D eigenvalue weighted by Gasteiger charge is 2.22. The van der Waals surface area contributed by atoms with E-state index < -0.39 is 6.10 Å². The Labute approximate surface area is 156 Å². The van der Waals surface area contributed by atoms with Gasteiger partial charge in [-0.2, -0.15) is 0 Å². The van der Waals surface area contributed by atoms with Crippen molar-refractivity contribution in [2.45, 2.75) is 19.4 Å². The molecule has 0 spiro atoms. The number of hydrogen-bond acceptors (Lipinski definition) is 4. The quantitative estimate of drug-likeness (QED) is 0.629. The van der Waals surface area contributed by atoms with Crippen molar-refractivity contribution in [2.24, 2.45) is 0 Å². The van der Waals surface area contributed by atoms with Gasteiger partial charge in [0.05, 0.1) is 6.61 Å². The van der Waals surface area contributed by atoms with Crippen LogP contribution in [0.15, 0.2) is 54.6 Å². The number of likely N-dealkylation sites (N-methyl/N-ethyl adjacent to an activating group) is 1. The Morgan fingerprint density at radius 3 is 2.16 bits per heavy atom. The summed E-state index contributed by atoms with van der Waals surface area (Å²) < 4.78 is 11.5. The van der Waals surface area contributed by atoms with Crippen molar-refractivity contribution in [2.75, 3.05) is 27.2 Å². The summed E-state index contributed by atoms with van der Waals surface area (Å²) in [6, 6.07) is 16.7. The highest BCUT2D eigenvalue weighted by atomic mass is 35.5. The first-order valence-electron chi connectivity index (χ1n) is 8.23. The van der Waals surface area contributed by atoms with Gasteiger partial charge in [-0.3, -0.25) is 4.79 Å². The number of hydrogen-bond donors (Lipinski definition) is 0. The molecule has 0 saturated heterocycles. The van der Waals surface area contributed by atoms with E-state index >= 15 is 0 Å². The van der Waals surface area contributed by atoms with Gasteiger partial charge in [-0.25, -0.2) is 0 Å². The molecule has 0 radical (unpaired) electrons. The Morgan fingerprint density at radius 2 is 1.60 bits per heavy atom. The zero-order valence-electron chi connectivity index (χ0n) is 15.0. The van der Waals surface area contributed by atoms with Gasteiger partial charge in [-0.05, 0) is 44.8 Å². The highest BCUT2D eigenvalue weighted by Crippen LogP contribution is 2.20. The lowest BCUT2D eigenvalue weighted by Gasteiger charge is -2.21. The van der Waals surface area contributed by atoms with Gasteiger partial charge in [0.2, 0.25) is 5.78 Å². The molecule has 0 amide bonds. The number of ether oxygens (including phenoxy) is 2. The molecule has 0 aliphatic carbocycles. The van der Waals surface area contributed by atoms with E-state index in [0.717, 1.165) is 12.2 Å². The molecule has 4 nitrogen and oxygen atoms in total. The Balaban J connectivity index is 0.00000312. The Bertz CT molecular complexity index is 629. The molecular formula is C20H26ClNO3. The molecule has 2 rings (SSSR count). The molecule has 0 saturated carbocycles. The maximum atomic E-state index is 12.7. The molecule has 0 N–H and O–H groups in total. The van der Waals surface area contributed by atoms with Crippen molar-refractivity contribution in [3.8, 4) is 11.5 Å². The SMILES string of the molecule is CCCOc1ccc(OC(CN(C)C)C(=O)c2ccccc2)cc1.Cl. The van der Waals surface area contributed by atoms with E-state index in [4.69, 9.17) is 9.47 Å². The van der Waals surface area contributed by atoms with Crippen LogP contribution in [0.2, 0.25) is 0 Å². The standard InChI is InChI=1S/C20H25NO3.ClH/c1-4-14-23-17-10-12-18(13-11-17)24-19(15-21(2)3)20(22)16-8-6-5-7-9-16;/h5-13,19H,4,14-15H2,1-3H3;1H. The van der Waals surface area contributed by atoms with E-state index in [9.17, 15) is 4.79 Å². The third kappa shape index (κ3) is 6.77. The number of rotatable bonds is 9. The number of ketones is 1. The first-order chi connectivity index (χ1) is 11.6. The van der Waals surface area contributed by atoms with Crippen molar-refractivity contribution < 1.29 is 14.3 Å². The van der Waals surface area contributed by atoms with Gasteiger partial charge in [0.1, 0.15) is 11.5 Å². The van der Waals surface area contributed by atoms with Crippen molar-refractivity contribution in [1.82, 2.24) is 4.90 Å². The van der Waals surface area contributed by atoms with E-state index in [1.54, 1.807) is 0 Å². The van der Waals surface area contributed by atoms with Crippen LogP contribution < -0.4 is 9.47 Å². The van der Waals surface area contributed by atoms with Crippen molar-refractivity contribution >= 4 is 18.2 Å². The third-order valence-electron chi connectivity index (χ3n) is 3.46. The minimum Gasteiger partial charge on any atom is -0.494 e. The van der Waals surface area contributed by atoms with Crippen LogP contribution in [0.4, 0.5) is 0 Å². The average molecular weight is 364 g/mol. The Morgan fingerprint density at radius 1 is 1.00 bits per heavy atom. The van der Waals surface area contributed by atoms with E-state index in [-0.39, 0.29) is 18.2 Å². The van der Waals surface area contributed by atoms with Crippen molar-refractivity contribution in [1.29, 1.82) is 0 Å². The second kappa shape index (κ2) is 10.7. The predicted octanol–water partition coefficient (Wildman–Crippen LogP) is 4.09. The molecular weight excluding hydrogens is 338 g/mol. The molecule has 0 aliphatic rings. The van der Waals surface area contributed by atoms with Gasteiger partial charge in [-0.1, -0.05) is 37.3 Å². The first kappa shape index (κ1) is 21.0. The number of benzene rings is 2. The lowest BCUT2D eigenvalue weighted by Crippen LogP contribution is -2.37. The third-order valence-corrected chi connectivity index (χ3v) is 3.46. The normalized spacial score (nSPS) is 11.5. The van der Waals surface area contributed by atoms with E-state index in [1.807, 2.05) is 73.6 Å². The molecule has 2 aromatic rings. The summed E-state index contributed by atoms with van der Waals surface area (Å²) in [5.74, 6) is 1.45. The van der Waals surface area contributed by atoms with Crippen LogP contribution in [0.5, 0.6) is 11.5 Å². The first-order valence-corrected chi connectivity index (χ1v) is 8.23. The lowest BCUT2D eigenvalue weighted by atomic mass is 10.1. The van der Waals surface area contributed by atoms with Crippen LogP contribution in [0.3, 0.4) is 0 Å². The van der Waals surface area contributed by atoms with Gasteiger partial charge in [0.25, 0.3) is 0 Å².